The van der Waals surface area contributed by atoms with Gasteiger partial charge in [0.1, 0.15) is 0 Å². The molecule has 1 aliphatic carbocycles. The molecule has 2 atom stereocenters. The van der Waals surface area contributed by atoms with Crippen molar-refractivity contribution in [2.24, 2.45) is 5.14 Å². The summed E-state index contributed by atoms with van der Waals surface area (Å²) < 4.78 is 22.7. The highest BCUT2D eigenvalue weighted by Gasteiger charge is 2.30. The average Bonchev–Trinajstić information content (AvgIpc) is 2.27. The van der Waals surface area contributed by atoms with E-state index in [0.29, 0.717) is 12.0 Å². The molecule has 4 nitrogen and oxygen atoms in total. The molecule has 1 fully saturated rings. The number of primary sulfonamides is 1. The number of hydrogen-bond acceptors (Lipinski definition) is 3. The van der Waals surface area contributed by atoms with Crippen LogP contribution in [0.25, 0.3) is 0 Å². The van der Waals surface area contributed by atoms with Crippen LogP contribution in [0.2, 0.25) is 0 Å². The summed E-state index contributed by atoms with van der Waals surface area (Å²) in [6.07, 6.45) is 3.19. The zero-order chi connectivity index (χ0) is 12.0. The van der Waals surface area contributed by atoms with Gasteiger partial charge in [-0.25, -0.2) is 13.6 Å². The molecule has 2 aliphatic rings. The van der Waals surface area contributed by atoms with Gasteiger partial charge < -0.3 is 5.32 Å². The third-order valence-corrected chi connectivity index (χ3v) is 4.76. The SMILES string of the molecule is NS(=O)(=O)c1ccc2c(c1)C1CCNC(C2)C1. The van der Waals surface area contributed by atoms with Gasteiger partial charge in [-0.15, -0.1) is 0 Å². The molecule has 0 amide bonds. The minimum atomic E-state index is -3.58. The van der Waals surface area contributed by atoms with Crippen LogP contribution in [0.5, 0.6) is 0 Å². The van der Waals surface area contributed by atoms with E-state index in [2.05, 4.69) is 5.32 Å². The summed E-state index contributed by atoms with van der Waals surface area (Å²) in [5, 5.41) is 8.67. The predicted molar refractivity (Wildman–Crippen MR) is 65.3 cm³/mol. The maximum Gasteiger partial charge on any atom is 0.238 e. The van der Waals surface area contributed by atoms with Crippen molar-refractivity contribution in [2.75, 3.05) is 6.54 Å². The Morgan fingerprint density at radius 2 is 2.18 bits per heavy atom. The topological polar surface area (TPSA) is 72.2 Å². The van der Waals surface area contributed by atoms with Crippen molar-refractivity contribution in [3.63, 3.8) is 0 Å². The van der Waals surface area contributed by atoms with Gasteiger partial charge in [0.2, 0.25) is 10.0 Å². The van der Waals surface area contributed by atoms with E-state index >= 15 is 0 Å². The molecule has 0 aromatic heterocycles. The molecular weight excluding hydrogens is 236 g/mol. The number of benzene rings is 1. The Balaban J connectivity index is 2.08. The second-order valence-corrected chi connectivity index (χ2v) is 6.54. The van der Waals surface area contributed by atoms with E-state index in [9.17, 15) is 8.42 Å². The molecule has 2 unspecified atom stereocenters. The maximum absolute atomic E-state index is 11.4. The average molecular weight is 252 g/mol. The maximum atomic E-state index is 11.4. The summed E-state index contributed by atoms with van der Waals surface area (Å²) in [6.45, 7) is 1.02. The van der Waals surface area contributed by atoms with Crippen molar-refractivity contribution in [1.29, 1.82) is 0 Å². The van der Waals surface area contributed by atoms with Crippen LogP contribution in [0.15, 0.2) is 23.1 Å². The monoisotopic (exact) mass is 252 g/mol. The van der Waals surface area contributed by atoms with Gasteiger partial charge in [0, 0.05) is 6.04 Å². The standard InChI is InChI=1S/C12H16N2O2S/c13-17(15,16)11-2-1-8-5-10-6-9(3-4-14-10)12(8)7-11/h1-2,7,9-10,14H,3-6H2,(H2,13,15,16). The third-order valence-electron chi connectivity index (χ3n) is 3.85. The zero-order valence-corrected chi connectivity index (χ0v) is 10.3. The lowest BCUT2D eigenvalue weighted by Crippen LogP contribution is -2.42. The van der Waals surface area contributed by atoms with Crippen molar-refractivity contribution >= 4 is 10.0 Å². The second-order valence-electron chi connectivity index (χ2n) is 4.98. The van der Waals surface area contributed by atoms with Crippen LogP contribution in [-0.4, -0.2) is 21.0 Å². The summed E-state index contributed by atoms with van der Waals surface area (Å²) in [7, 11) is -3.58. The van der Waals surface area contributed by atoms with Gasteiger partial charge in [0.15, 0.2) is 0 Å². The fourth-order valence-corrected chi connectivity index (χ4v) is 3.57. The quantitative estimate of drug-likeness (QED) is 0.774. The molecule has 1 saturated heterocycles. The van der Waals surface area contributed by atoms with Crippen LogP contribution in [0.1, 0.15) is 29.9 Å². The molecule has 1 aliphatic heterocycles. The highest BCUT2D eigenvalue weighted by molar-refractivity contribution is 7.89. The molecule has 0 spiro atoms. The van der Waals surface area contributed by atoms with Crippen molar-refractivity contribution in [2.45, 2.75) is 36.1 Å². The summed E-state index contributed by atoms with van der Waals surface area (Å²) >= 11 is 0. The van der Waals surface area contributed by atoms with E-state index in [0.717, 1.165) is 25.8 Å². The summed E-state index contributed by atoms with van der Waals surface area (Å²) in [4.78, 5) is 0.244. The van der Waals surface area contributed by atoms with E-state index in [1.54, 1.807) is 12.1 Å². The minimum absolute atomic E-state index is 0.244. The zero-order valence-electron chi connectivity index (χ0n) is 9.52. The van der Waals surface area contributed by atoms with Crippen molar-refractivity contribution in [3.05, 3.63) is 29.3 Å². The molecular formula is C12H16N2O2S. The summed E-state index contributed by atoms with van der Waals surface area (Å²) in [6, 6.07) is 5.87. The lowest BCUT2D eigenvalue weighted by atomic mass is 9.76. The minimum Gasteiger partial charge on any atom is -0.314 e. The smallest absolute Gasteiger partial charge is 0.238 e. The summed E-state index contributed by atoms with van der Waals surface area (Å²) in [5.74, 6) is 0.492. The number of piperidine rings is 1. The first-order valence-electron chi connectivity index (χ1n) is 5.93. The van der Waals surface area contributed by atoms with Crippen LogP contribution in [-0.2, 0) is 16.4 Å². The third kappa shape index (κ3) is 1.99. The fourth-order valence-electron chi connectivity index (χ4n) is 3.03. The van der Waals surface area contributed by atoms with Gasteiger partial charge in [-0.3, -0.25) is 0 Å². The molecule has 1 aromatic rings. The Labute approximate surface area is 101 Å². The van der Waals surface area contributed by atoms with E-state index in [-0.39, 0.29) is 4.90 Å². The van der Waals surface area contributed by atoms with Gasteiger partial charge in [-0.1, -0.05) is 6.07 Å². The van der Waals surface area contributed by atoms with Crippen molar-refractivity contribution in [3.8, 4) is 0 Å². The Morgan fingerprint density at radius 1 is 1.35 bits per heavy atom. The van der Waals surface area contributed by atoms with Crippen LogP contribution < -0.4 is 10.5 Å². The number of rotatable bonds is 1. The molecule has 2 bridgehead atoms. The predicted octanol–water partition coefficient (Wildman–Crippen LogP) is 0.726. The summed E-state index contributed by atoms with van der Waals surface area (Å²) in [5.41, 5.74) is 2.46. The number of fused-ring (bicyclic) bond motifs is 4. The van der Waals surface area contributed by atoms with Gasteiger partial charge in [0.05, 0.1) is 4.90 Å². The van der Waals surface area contributed by atoms with Crippen molar-refractivity contribution < 1.29 is 8.42 Å². The number of sulfonamides is 1. The number of hydrogen-bond donors (Lipinski definition) is 2. The van der Waals surface area contributed by atoms with Crippen LogP contribution in [0.3, 0.4) is 0 Å². The molecule has 0 radical (unpaired) electrons. The van der Waals surface area contributed by atoms with E-state index < -0.39 is 10.0 Å². The molecule has 3 rings (SSSR count). The highest BCUT2D eigenvalue weighted by Crippen LogP contribution is 2.37. The Kier molecular flexibility index (Phi) is 2.50. The van der Waals surface area contributed by atoms with Gasteiger partial charge in [0.25, 0.3) is 0 Å². The lowest BCUT2D eigenvalue weighted by molar-refractivity contribution is 0.338. The van der Waals surface area contributed by atoms with Crippen LogP contribution >= 0.6 is 0 Å². The highest BCUT2D eigenvalue weighted by atomic mass is 32.2. The molecule has 5 heteroatoms. The Hall–Kier alpha value is -0.910. The Morgan fingerprint density at radius 3 is 2.94 bits per heavy atom. The first-order valence-corrected chi connectivity index (χ1v) is 7.47. The molecule has 17 heavy (non-hydrogen) atoms. The molecule has 1 aromatic carbocycles. The normalized spacial score (nSPS) is 27.6. The van der Waals surface area contributed by atoms with E-state index in [1.807, 2.05) is 6.07 Å². The van der Waals surface area contributed by atoms with Gasteiger partial charge >= 0.3 is 0 Å². The first-order chi connectivity index (χ1) is 8.04. The van der Waals surface area contributed by atoms with Crippen LogP contribution in [0, 0.1) is 0 Å². The molecule has 92 valence electrons. The van der Waals surface area contributed by atoms with Gasteiger partial charge in [-0.2, -0.15) is 0 Å². The first kappa shape index (κ1) is 11.2. The molecule has 1 heterocycles. The molecule has 0 saturated carbocycles. The fraction of sp³-hybridized carbons (Fsp3) is 0.500. The van der Waals surface area contributed by atoms with Crippen molar-refractivity contribution in [1.82, 2.24) is 5.32 Å². The van der Waals surface area contributed by atoms with E-state index in [4.69, 9.17) is 5.14 Å². The van der Waals surface area contributed by atoms with Crippen LogP contribution in [0.4, 0.5) is 0 Å². The lowest BCUT2D eigenvalue weighted by Gasteiger charge is -2.37. The number of nitrogens with two attached hydrogens (primary N) is 1. The van der Waals surface area contributed by atoms with Gasteiger partial charge in [-0.05, 0) is 55.0 Å². The Bertz CT molecular complexity index is 554. The van der Waals surface area contributed by atoms with E-state index in [1.165, 1.54) is 11.1 Å². The molecule has 3 N–H and O–H groups in total. The second kappa shape index (κ2) is 3.80. The number of nitrogens with one attached hydrogen (secondary N) is 1. The largest absolute Gasteiger partial charge is 0.314 e.